The molecule has 0 saturated carbocycles. The van der Waals surface area contributed by atoms with E-state index in [1.54, 1.807) is 17.5 Å². The second kappa shape index (κ2) is 7.55. The van der Waals surface area contributed by atoms with Crippen molar-refractivity contribution in [3.8, 4) is 0 Å². The third-order valence-electron chi connectivity index (χ3n) is 5.03. The molecule has 4 rings (SSSR count). The molecule has 2 aromatic heterocycles. The molecule has 1 N–H and O–H groups in total. The summed E-state index contributed by atoms with van der Waals surface area (Å²) in [4.78, 5) is 32.6. The highest BCUT2D eigenvalue weighted by atomic mass is 32.1. The Hall–Kier alpha value is -2.25. The van der Waals surface area contributed by atoms with Crippen molar-refractivity contribution in [2.24, 2.45) is 5.92 Å². The SMILES string of the molecule is O=C(NCc1cccs1)[C@@H]1CN(C(=O)Cc2ccccn2)[C@H]2CCO[C@H]12. The average Bonchev–Trinajstić information content (AvgIpc) is 3.38. The maximum atomic E-state index is 12.8. The van der Waals surface area contributed by atoms with Gasteiger partial charge in [-0.05, 0) is 30.0 Å². The Kier molecular flexibility index (Phi) is 4.99. The van der Waals surface area contributed by atoms with Gasteiger partial charge in [0.05, 0.1) is 31.0 Å². The molecule has 3 atom stereocenters. The first-order chi connectivity index (χ1) is 12.7. The van der Waals surface area contributed by atoms with Crippen LogP contribution in [0.25, 0.3) is 0 Å². The zero-order chi connectivity index (χ0) is 17.9. The van der Waals surface area contributed by atoms with E-state index in [4.69, 9.17) is 4.74 Å². The van der Waals surface area contributed by atoms with E-state index in [9.17, 15) is 9.59 Å². The molecule has 2 amide bonds. The number of likely N-dealkylation sites (tertiary alicyclic amines) is 1. The topological polar surface area (TPSA) is 71.5 Å². The number of thiophene rings is 1. The van der Waals surface area contributed by atoms with Crippen molar-refractivity contribution in [3.63, 3.8) is 0 Å². The lowest BCUT2D eigenvalue weighted by atomic mass is 10.0. The zero-order valence-electron chi connectivity index (χ0n) is 14.3. The summed E-state index contributed by atoms with van der Waals surface area (Å²) in [7, 11) is 0. The highest BCUT2D eigenvalue weighted by Gasteiger charge is 2.50. The molecule has 0 unspecified atom stereocenters. The highest BCUT2D eigenvalue weighted by Crippen LogP contribution is 2.34. The van der Waals surface area contributed by atoms with Crippen LogP contribution < -0.4 is 5.32 Å². The van der Waals surface area contributed by atoms with Crippen molar-refractivity contribution < 1.29 is 14.3 Å². The minimum atomic E-state index is -0.310. The summed E-state index contributed by atoms with van der Waals surface area (Å²) in [6, 6.07) is 9.51. The minimum absolute atomic E-state index is 0.0105. The first-order valence-electron chi connectivity index (χ1n) is 8.83. The molecule has 2 aliphatic heterocycles. The van der Waals surface area contributed by atoms with Crippen LogP contribution >= 0.6 is 11.3 Å². The van der Waals surface area contributed by atoms with Crippen LogP contribution in [0.15, 0.2) is 41.9 Å². The van der Waals surface area contributed by atoms with E-state index in [1.165, 1.54) is 0 Å². The van der Waals surface area contributed by atoms with E-state index >= 15 is 0 Å². The summed E-state index contributed by atoms with van der Waals surface area (Å²) in [5.74, 6) is -0.337. The van der Waals surface area contributed by atoms with Crippen molar-refractivity contribution in [1.82, 2.24) is 15.2 Å². The predicted octanol–water partition coefficient (Wildman–Crippen LogP) is 1.62. The molecule has 2 fully saturated rings. The number of carbonyl (C=O) groups excluding carboxylic acids is 2. The Morgan fingerprint density at radius 1 is 1.31 bits per heavy atom. The minimum Gasteiger partial charge on any atom is -0.375 e. The largest absolute Gasteiger partial charge is 0.375 e. The maximum absolute atomic E-state index is 12.8. The molecule has 0 radical (unpaired) electrons. The summed E-state index contributed by atoms with van der Waals surface area (Å²) in [5, 5.41) is 4.98. The van der Waals surface area contributed by atoms with Gasteiger partial charge in [-0.3, -0.25) is 14.6 Å². The van der Waals surface area contributed by atoms with Crippen molar-refractivity contribution in [2.75, 3.05) is 13.2 Å². The Balaban J connectivity index is 1.41. The van der Waals surface area contributed by atoms with Gasteiger partial charge >= 0.3 is 0 Å². The zero-order valence-corrected chi connectivity index (χ0v) is 15.2. The van der Waals surface area contributed by atoms with Crippen LogP contribution in [-0.2, 0) is 27.3 Å². The fourth-order valence-corrected chi connectivity index (χ4v) is 4.41. The Morgan fingerprint density at radius 3 is 3.00 bits per heavy atom. The van der Waals surface area contributed by atoms with Crippen LogP contribution in [-0.4, -0.2) is 47.0 Å². The molecule has 0 aromatic carbocycles. The van der Waals surface area contributed by atoms with Crippen molar-refractivity contribution in [3.05, 3.63) is 52.5 Å². The molecule has 0 spiro atoms. The lowest BCUT2D eigenvalue weighted by molar-refractivity contribution is -0.131. The number of rotatable bonds is 5. The van der Waals surface area contributed by atoms with Crippen molar-refractivity contribution in [1.29, 1.82) is 0 Å². The molecule has 26 heavy (non-hydrogen) atoms. The van der Waals surface area contributed by atoms with Crippen molar-refractivity contribution >= 4 is 23.2 Å². The summed E-state index contributed by atoms with van der Waals surface area (Å²) >= 11 is 1.62. The number of aromatic nitrogens is 1. The number of nitrogens with one attached hydrogen (secondary N) is 1. The molecule has 6 nitrogen and oxygen atoms in total. The molecule has 136 valence electrons. The third kappa shape index (κ3) is 3.50. The van der Waals surface area contributed by atoms with Gasteiger partial charge in [-0.2, -0.15) is 0 Å². The number of pyridine rings is 1. The van der Waals surface area contributed by atoms with Gasteiger partial charge in [0.1, 0.15) is 0 Å². The van der Waals surface area contributed by atoms with Gasteiger partial charge in [0.25, 0.3) is 0 Å². The van der Waals surface area contributed by atoms with E-state index in [-0.39, 0.29) is 36.3 Å². The van der Waals surface area contributed by atoms with Gasteiger partial charge in [0, 0.05) is 29.9 Å². The fourth-order valence-electron chi connectivity index (χ4n) is 3.77. The second-order valence-electron chi connectivity index (χ2n) is 6.64. The summed E-state index contributed by atoms with van der Waals surface area (Å²) in [6.07, 6.45) is 2.53. The fraction of sp³-hybridized carbons (Fsp3) is 0.421. The standard InChI is InChI=1S/C19H21N3O3S/c23-17(10-13-4-1-2-7-20-13)22-12-15(18-16(22)6-8-25-18)19(24)21-11-14-5-3-9-26-14/h1-5,7,9,15-16,18H,6,8,10-12H2,(H,21,24)/t15-,16+,18-/m1/s1. The van der Waals surface area contributed by atoms with E-state index in [0.29, 0.717) is 19.7 Å². The highest BCUT2D eigenvalue weighted by molar-refractivity contribution is 7.09. The Morgan fingerprint density at radius 2 is 2.23 bits per heavy atom. The molecule has 7 heteroatoms. The molecule has 0 bridgehead atoms. The predicted molar refractivity (Wildman–Crippen MR) is 97.5 cm³/mol. The molecule has 2 saturated heterocycles. The van der Waals surface area contributed by atoms with E-state index in [2.05, 4.69) is 10.3 Å². The Labute approximate surface area is 156 Å². The third-order valence-corrected chi connectivity index (χ3v) is 5.90. The van der Waals surface area contributed by atoms with Crippen LogP contribution in [0, 0.1) is 5.92 Å². The monoisotopic (exact) mass is 371 g/mol. The lowest BCUT2D eigenvalue weighted by Crippen LogP contribution is -2.38. The number of ether oxygens (including phenoxy) is 1. The molecular formula is C19H21N3O3S. The lowest BCUT2D eigenvalue weighted by Gasteiger charge is -2.22. The van der Waals surface area contributed by atoms with E-state index in [0.717, 1.165) is 17.0 Å². The van der Waals surface area contributed by atoms with Crippen LogP contribution in [0.1, 0.15) is 17.0 Å². The molecule has 2 aliphatic rings. The number of amides is 2. The summed E-state index contributed by atoms with van der Waals surface area (Å²) < 4.78 is 5.81. The summed E-state index contributed by atoms with van der Waals surface area (Å²) in [5.41, 5.74) is 0.749. The van der Waals surface area contributed by atoms with E-state index < -0.39 is 0 Å². The maximum Gasteiger partial charge on any atom is 0.228 e. The molecular weight excluding hydrogens is 350 g/mol. The number of fused-ring (bicyclic) bond motifs is 1. The van der Waals surface area contributed by atoms with Gasteiger partial charge < -0.3 is 15.0 Å². The molecule has 4 heterocycles. The normalized spacial score (nSPS) is 24.5. The number of hydrogen-bond acceptors (Lipinski definition) is 5. The van der Waals surface area contributed by atoms with Crippen LogP contribution in [0.4, 0.5) is 0 Å². The number of hydrogen-bond donors (Lipinski definition) is 1. The molecule has 0 aliphatic carbocycles. The summed E-state index contributed by atoms with van der Waals surface area (Å²) in [6.45, 7) is 1.53. The van der Waals surface area contributed by atoms with Gasteiger partial charge in [-0.1, -0.05) is 12.1 Å². The quantitative estimate of drug-likeness (QED) is 0.867. The van der Waals surface area contributed by atoms with Gasteiger partial charge in [-0.15, -0.1) is 11.3 Å². The Bertz CT molecular complexity index is 766. The van der Waals surface area contributed by atoms with Gasteiger partial charge in [0.2, 0.25) is 11.8 Å². The average molecular weight is 371 g/mol. The van der Waals surface area contributed by atoms with Crippen molar-refractivity contribution in [2.45, 2.75) is 31.5 Å². The number of nitrogens with zero attached hydrogens (tertiary/aromatic N) is 2. The van der Waals surface area contributed by atoms with Crippen LogP contribution in [0.5, 0.6) is 0 Å². The van der Waals surface area contributed by atoms with Crippen LogP contribution in [0.3, 0.4) is 0 Å². The first-order valence-corrected chi connectivity index (χ1v) is 9.71. The van der Waals surface area contributed by atoms with Gasteiger partial charge in [-0.25, -0.2) is 0 Å². The van der Waals surface area contributed by atoms with E-state index in [1.807, 2.05) is 40.6 Å². The van der Waals surface area contributed by atoms with Gasteiger partial charge in [0.15, 0.2) is 0 Å². The smallest absolute Gasteiger partial charge is 0.228 e. The number of carbonyl (C=O) groups is 2. The molecule has 2 aromatic rings. The second-order valence-corrected chi connectivity index (χ2v) is 7.67. The van der Waals surface area contributed by atoms with Crippen LogP contribution in [0.2, 0.25) is 0 Å². The first kappa shape index (κ1) is 17.2.